The number of halogens is 2. The lowest BCUT2D eigenvalue weighted by atomic mass is 9.85. The molecular weight excluding hydrogens is 799 g/mol. The highest BCUT2D eigenvalue weighted by Crippen LogP contribution is 2.36. The molecule has 3 saturated heterocycles. The summed E-state index contributed by atoms with van der Waals surface area (Å²) in [6.45, 7) is 10.9. The van der Waals surface area contributed by atoms with Crippen LogP contribution in [0, 0.1) is 23.7 Å². The van der Waals surface area contributed by atoms with Crippen LogP contribution < -0.4 is 20.9 Å². The van der Waals surface area contributed by atoms with Crippen LogP contribution in [0.4, 0.5) is 26.2 Å². The summed E-state index contributed by atoms with van der Waals surface area (Å²) in [5.41, 5.74) is 5.65. The minimum atomic E-state index is -2.80. The average Bonchev–Trinajstić information content (AvgIpc) is 4.00. The number of anilines is 3. The van der Waals surface area contributed by atoms with E-state index in [1.807, 2.05) is 76.5 Å². The number of aromatic nitrogens is 3. The van der Waals surface area contributed by atoms with Crippen LogP contribution in [0.3, 0.4) is 0 Å². The number of amides is 3. The summed E-state index contributed by atoms with van der Waals surface area (Å²) >= 11 is 1.59. The van der Waals surface area contributed by atoms with Gasteiger partial charge < -0.3 is 25.3 Å². The number of nitrogens with zero attached hydrogens (tertiary/aromatic N) is 7. The summed E-state index contributed by atoms with van der Waals surface area (Å²) < 4.78 is 28.5. The first kappa shape index (κ1) is 43.6. The van der Waals surface area contributed by atoms with Crippen LogP contribution in [0.5, 0.6) is 0 Å². The Morgan fingerprint density at radius 2 is 1.75 bits per heavy atom. The molecule has 7 rings (SSSR count). The second-order valence-electron chi connectivity index (χ2n) is 17.5. The fourth-order valence-corrected chi connectivity index (χ4v) is 9.33. The molecular formula is C45H54F2N10O3S. The number of hydrogen-bond donors (Lipinski definition) is 3. The molecule has 322 valence electrons. The van der Waals surface area contributed by atoms with Gasteiger partial charge in [0.2, 0.25) is 17.7 Å². The van der Waals surface area contributed by atoms with Gasteiger partial charge in [-0.05, 0) is 91.8 Å². The van der Waals surface area contributed by atoms with Crippen molar-refractivity contribution in [2.24, 2.45) is 5.41 Å². The molecule has 16 heteroatoms. The van der Waals surface area contributed by atoms with Crippen molar-refractivity contribution in [2.75, 3.05) is 49.5 Å². The molecule has 3 unspecified atom stereocenters. The average molecular weight is 853 g/mol. The first-order valence-electron chi connectivity index (χ1n) is 21.0. The minimum Gasteiger partial charge on any atom is -0.350 e. The van der Waals surface area contributed by atoms with E-state index in [9.17, 15) is 28.4 Å². The normalized spacial score (nSPS) is 19.0. The van der Waals surface area contributed by atoms with E-state index < -0.39 is 30.0 Å². The molecule has 13 nitrogen and oxygen atoms in total. The van der Waals surface area contributed by atoms with E-state index in [1.165, 1.54) is 6.20 Å². The zero-order valence-corrected chi connectivity index (χ0v) is 36.2. The van der Waals surface area contributed by atoms with Gasteiger partial charge in [-0.15, -0.1) is 11.3 Å². The lowest BCUT2D eigenvalue weighted by molar-refractivity contribution is -0.142. The van der Waals surface area contributed by atoms with Gasteiger partial charge >= 0.3 is 0 Å². The van der Waals surface area contributed by atoms with Crippen LogP contribution in [0.2, 0.25) is 0 Å². The number of nitriles is 1. The monoisotopic (exact) mass is 852 g/mol. The Balaban J connectivity index is 0.958. The van der Waals surface area contributed by atoms with Crippen LogP contribution in [0.1, 0.15) is 94.1 Å². The summed E-state index contributed by atoms with van der Waals surface area (Å²) in [7, 11) is 0. The molecule has 0 spiro atoms. The largest absolute Gasteiger partial charge is 0.350 e. The van der Waals surface area contributed by atoms with Crippen molar-refractivity contribution in [2.45, 2.75) is 96.7 Å². The molecule has 4 aromatic rings. The smallest absolute Gasteiger partial charge is 0.266 e. The van der Waals surface area contributed by atoms with Crippen molar-refractivity contribution in [3.05, 3.63) is 82.6 Å². The molecule has 3 atom stereocenters. The summed E-state index contributed by atoms with van der Waals surface area (Å²) in [5, 5.41) is 18.9. The maximum absolute atomic E-state index is 14.3. The topological polar surface area (TPSA) is 159 Å². The van der Waals surface area contributed by atoms with Crippen LogP contribution in [0.25, 0.3) is 10.4 Å². The first-order chi connectivity index (χ1) is 29.1. The quantitative estimate of drug-likeness (QED) is 0.136. The Hall–Kier alpha value is -5.53. The van der Waals surface area contributed by atoms with Crippen molar-refractivity contribution >= 4 is 46.5 Å². The number of hydrogen-bond acceptors (Lipinski definition) is 11. The Labute approximate surface area is 360 Å². The number of likely N-dealkylation sites (tertiary alicyclic amines) is 2. The molecule has 0 bridgehead atoms. The van der Waals surface area contributed by atoms with Crippen LogP contribution in [-0.2, 0) is 14.4 Å². The van der Waals surface area contributed by atoms with Gasteiger partial charge in [-0.3, -0.25) is 19.7 Å². The highest BCUT2D eigenvalue weighted by Gasteiger charge is 2.42. The maximum atomic E-state index is 14.3. The van der Waals surface area contributed by atoms with Crippen LogP contribution in [0.15, 0.2) is 60.2 Å². The summed E-state index contributed by atoms with van der Waals surface area (Å²) in [6.07, 6.45) is 3.83. The third-order valence-corrected chi connectivity index (χ3v) is 13.0. The molecule has 3 aliphatic heterocycles. The van der Waals surface area contributed by atoms with E-state index in [1.54, 1.807) is 38.2 Å². The van der Waals surface area contributed by atoms with Crippen molar-refractivity contribution < 1.29 is 23.2 Å². The van der Waals surface area contributed by atoms with E-state index >= 15 is 0 Å². The Morgan fingerprint density at radius 1 is 1.00 bits per heavy atom. The Kier molecular flexibility index (Phi) is 13.0. The van der Waals surface area contributed by atoms with Gasteiger partial charge in [0, 0.05) is 38.8 Å². The second-order valence-corrected chi connectivity index (χ2v) is 18.3. The van der Waals surface area contributed by atoms with Gasteiger partial charge in [-0.2, -0.15) is 5.26 Å². The summed E-state index contributed by atoms with van der Waals surface area (Å²) in [4.78, 5) is 61.1. The summed E-state index contributed by atoms with van der Waals surface area (Å²) in [5.74, 6) is -1.98. The third kappa shape index (κ3) is 10.3. The molecule has 3 fully saturated rings. The highest BCUT2D eigenvalue weighted by molar-refractivity contribution is 7.13. The Bertz CT molecular complexity index is 2260. The number of benzene rings is 1. The molecule has 0 aliphatic carbocycles. The fourth-order valence-electron chi connectivity index (χ4n) is 8.52. The number of aryl methyl sites for hydroxylation is 1. The third-order valence-electron chi connectivity index (χ3n) is 12.0. The minimum absolute atomic E-state index is 0.0391. The van der Waals surface area contributed by atoms with Crippen molar-refractivity contribution in [3.63, 3.8) is 0 Å². The Morgan fingerprint density at radius 3 is 2.41 bits per heavy atom. The number of rotatable bonds is 12. The number of pyridine rings is 2. The van der Waals surface area contributed by atoms with Crippen molar-refractivity contribution in [1.82, 2.24) is 35.4 Å². The standard InChI is InChI=1S/C45H54F2N10O3S/c1-28(31-8-10-33(11-9-31)40-29(2)51-27-61-40)52-42(59)35-7-6-17-57(35)43(60)41(44(3,4)5)50-25-39(58)55-18-13-32(14-19-55)34-22-37(53-36-21-30(24-48)12-16-49-36)54-38(23-34)56-20-15-45(46,47)26-56/h8-12,16,21-23,27-28,32,35,41,50H,6-7,13-15,17-20,25-26H2,1-5H3,(H,52,59)(H,49,53,54). The van der Waals surface area contributed by atoms with E-state index in [-0.39, 0.29) is 49.2 Å². The zero-order valence-electron chi connectivity index (χ0n) is 35.4. The van der Waals surface area contributed by atoms with E-state index in [2.05, 4.69) is 37.0 Å². The molecule has 0 saturated carbocycles. The SMILES string of the molecule is Cc1ncsc1-c1ccc(C(C)NC(=O)C2CCCN2C(=O)C(NCC(=O)N2CCC(c3cc(Nc4cc(C#N)ccn4)nc(N4CCC(F)(F)C4)c3)CC2)C(C)(C)C)cc1. The maximum Gasteiger partial charge on any atom is 0.266 e. The highest BCUT2D eigenvalue weighted by atomic mass is 32.1. The van der Waals surface area contributed by atoms with Gasteiger partial charge in [-0.25, -0.2) is 23.7 Å². The van der Waals surface area contributed by atoms with Gasteiger partial charge in [0.1, 0.15) is 23.5 Å². The molecule has 3 aliphatic rings. The lowest BCUT2D eigenvalue weighted by Crippen LogP contribution is -2.58. The first-order valence-corrected chi connectivity index (χ1v) is 21.9. The van der Waals surface area contributed by atoms with Crippen LogP contribution in [-0.4, -0.2) is 99.7 Å². The number of thiazole rings is 1. The van der Waals surface area contributed by atoms with Gasteiger partial charge in [0.25, 0.3) is 5.92 Å². The number of piperidine rings is 1. The fraction of sp³-hybridized carbons (Fsp3) is 0.489. The molecule has 61 heavy (non-hydrogen) atoms. The van der Waals surface area contributed by atoms with Gasteiger partial charge in [0.15, 0.2) is 0 Å². The zero-order chi connectivity index (χ0) is 43.5. The summed E-state index contributed by atoms with van der Waals surface area (Å²) in [6, 6.07) is 15.6. The predicted octanol–water partition coefficient (Wildman–Crippen LogP) is 6.95. The van der Waals surface area contributed by atoms with Gasteiger partial charge in [-0.1, -0.05) is 45.0 Å². The lowest BCUT2D eigenvalue weighted by Gasteiger charge is -2.37. The molecule has 0 radical (unpaired) electrons. The van der Waals surface area contributed by atoms with Crippen molar-refractivity contribution in [1.29, 1.82) is 5.26 Å². The molecule has 1 aromatic carbocycles. The number of carbonyl (C=O) groups excluding carboxylic acids is 3. The molecule has 3 amide bonds. The molecule has 3 aromatic heterocycles. The predicted molar refractivity (Wildman–Crippen MR) is 232 cm³/mol. The number of alkyl halides is 2. The van der Waals surface area contributed by atoms with E-state index in [0.29, 0.717) is 68.3 Å². The van der Waals surface area contributed by atoms with E-state index in [4.69, 9.17) is 0 Å². The van der Waals surface area contributed by atoms with Crippen molar-refractivity contribution in [3.8, 4) is 16.5 Å². The molecule has 6 heterocycles. The number of nitrogens with one attached hydrogen (secondary N) is 3. The number of carbonyl (C=O) groups is 3. The molecule has 3 N–H and O–H groups in total. The van der Waals surface area contributed by atoms with Gasteiger partial charge in [0.05, 0.1) is 52.9 Å². The van der Waals surface area contributed by atoms with Crippen LogP contribution >= 0.6 is 11.3 Å². The second kappa shape index (κ2) is 18.2. The van der Waals surface area contributed by atoms with E-state index in [0.717, 1.165) is 27.3 Å².